The minimum Gasteiger partial charge on any atom is -0.485 e. The summed E-state index contributed by atoms with van der Waals surface area (Å²) >= 11 is 0. The van der Waals surface area contributed by atoms with Crippen molar-refractivity contribution in [2.75, 3.05) is 6.61 Å². The highest BCUT2D eigenvalue weighted by atomic mass is 16.6. The van der Waals surface area contributed by atoms with Gasteiger partial charge in [-0.3, -0.25) is 0 Å². The molecule has 0 amide bonds. The molecule has 3 aromatic rings. The third-order valence-corrected chi connectivity index (χ3v) is 3.75. The summed E-state index contributed by atoms with van der Waals surface area (Å²) in [5, 5.41) is 0. The van der Waals surface area contributed by atoms with Crippen molar-refractivity contribution in [3.05, 3.63) is 53.3 Å². The fourth-order valence-corrected chi connectivity index (χ4v) is 2.80. The fraction of sp³-hybridized carbons (Fsp3) is 0.235. The lowest BCUT2D eigenvalue weighted by molar-refractivity contribution is 0.0859. The third kappa shape index (κ3) is 2.03. The van der Waals surface area contributed by atoms with Crippen molar-refractivity contribution in [1.82, 2.24) is 9.97 Å². The van der Waals surface area contributed by atoms with E-state index in [0.717, 1.165) is 28.4 Å². The van der Waals surface area contributed by atoms with Gasteiger partial charge in [0.15, 0.2) is 23.4 Å². The number of ether oxygens (including phenoxy) is 2. The highest BCUT2D eigenvalue weighted by molar-refractivity contribution is 5.79. The van der Waals surface area contributed by atoms with Crippen LogP contribution in [0.3, 0.4) is 0 Å². The van der Waals surface area contributed by atoms with Crippen molar-refractivity contribution in [3.8, 4) is 11.5 Å². The number of rotatable bonds is 1. The van der Waals surface area contributed by atoms with Gasteiger partial charge in [0, 0.05) is 0 Å². The van der Waals surface area contributed by atoms with Crippen LogP contribution in [0.2, 0.25) is 0 Å². The van der Waals surface area contributed by atoms with Gasteiger partial charge in [-0.25, -0.2) is 4.98 Å². The van der Waals surface area contributed by atoms with Crippen LogP contribution >= 0.6 is 0 Å². The van der Waals surface area contributed by atoms with Gasteiger partial charge in [0.1, 0.15) is 6.61 Å². The Morgan fingerprint density at radius 2 is 1.95 bits per heavy atom. The molecule has 2 heterocycles. The molecule has 4 nitrogen and oxygen atoms in total. The average Bonchev–Trinajstić information content (AvgIpc) is 2.91. The van der Waals surface area contributed by atoms with E-state index in [1.54, 1.807) is 0 Å². The summed E-state index contributed by atoms with van der Waals surface area (Å²) in [6.45, 7) is 4.63. The third-order valence-electron chi connectivity index (χ3n) is 3.75. The van der Waals surface area contributed by atoms with Crippen molar-refractivity contribution in [2.45, 2.75) is 20.0 Å². The molecule has 4 rings (SSSR count). The molecular weight excluding hydrogens is 264 g/mol. The van der Waals surface area contributed by atoms with E-state index in [1.165, 1.54) is 11.1 Å². The molecule has 1 unspecified atom stereocenters. The van der Waals surface area contributed by atoms with Crippen molar-refractivity contribution in [1.29, 1.82) is 0 Å². The van der Waals surface area contributed by atoms with E-state index in [9.17, 15) is 0 Å². The fourth-order valence-electron chi connectivity index (χ4n) is 2.80. The molecule has 1 N–H and O–H groups in total. The quantitative estimate of drug-likeness (QED) is 0.739. The number of aryl methyl sites for hydroxylation is 2. The predicted molar refractivity (Wildman–Crippen MR) is 80.9 cm³/mol. The lowest BCUT2D eigenvalue weighted by Gasteiger charge is -2.24. The molecule has 1 aliphatic heterocycles. The average molecular weight is 280 g/mol. The second kappa shape index (κ2) is 4.52. The molecule has 2 aromatic carbocycles. The van der Waals surface area contributed by atoms with E-state index >= 15 is 0 Å². The van der Waals surface area contributed by atoms with E-state index in [2.05, 4.69) is 35.9 Å². The molecule has 1 aliphatic rings. The largest absolute Gasteiger partial charge is 0.485 e. The Bertz CT molecular complexity index is 823. The monoisotopic (exact) mass is 280 g/mol. The van der Waals surface area contributed by atoms with Gasteiger partial charge in [0.05, 0.1) is 11.0 Å². The van der Waals surface area contributed by atoms with Crippen LogP contribution in [0.1, 0.15) is 23.1 Å². The van der Waals surface area contributed by atoms with E-state index in [-0.39, 0.29) is 6.10 Å². The number of hydrogen-bond acceptors (Lipinski definition) is 3. The van der Waals surface area contributed by atoms with E-state index < -0.39 is 0 Å². The van der Waals surface area contributed by atoms with Gasteiger partial charge in [0.25, 0.3) is 0 Å². The minimum absolute atomic E-state index is 0.202. The van der Waals surface area contributed by atoms with Gasteiger partial charge in [-0.1, -0.05) is 18.2 Å². The van der Waals surface area contributed by atoms with Crippen LogP contribution in [0.4, 0.5) is 0 Å². The Morgan fingerprint density at radius 3 is 2.81 bits per heavy atom. The SMILES string of the molecule is Cc1cc(C)c2nc(C3COc4ccccc4O3)[nH]c2c1. The van der Waals surface area contributed by atoms with Crippen LogP contribution in [-0.2, 0) is 0 Å². The molecule has 1 atom stereocenters. The topological polar surface area (TPSA) is 47.1 Å². The standard InChI is InChI=1S/C17H16N2O2/c1-10-7-11(2)16-12(8-10)18-17(19-16)15-9-20-13-5-3-4-6-14(13)21-15/h3-8,15H,9H2,1-2H3,(H,18,19). The Hall–Kier alpha value is -2.49. The van der Waals surface area contributed by atoms with E-state index in [1.807, 2.05) is 24.3 Å². The molecular formula is C17H16N2O2. The van der Waals surface area contributed by atoms with Gasteiger partial charge in [-0.15, -0.1) is 0 Å². The Kier molecular flexibility index (Phi) is 2.64. The first kappa shape index (κ1) is 12.3. The van der Waals surface area contributed by atoms with Gasteiger partial charge in [-0.05, 0) is 43.2 Å². The zero-order valence-corrected chi connectivity index (χ0v) is 12.0. The minimum atomic E-state index is -0.202. The molecule has 4 heteroatoms. The number of nitrogens with zero attached hydrogens (tertiary/aromatic N) is 1. The second-order valence-electron chi connectivity index (χ2n) is 5.46. The smallest absolute Gasteiger partial charge is 0.190 e. The molecule has 0 fully saturated rings. The molecule has 0 bridgehead atoms. The van der Waals surface area contributed by atoms with Crippen LogP contribution < -0.4 is 9.47 Å². The van der Waals surface area contributed by atoms with Crippen LogP contribution in [0.25, 0.3) is 11.0 Å². The maximum Gasteiger partial charge on any atom is 0.190 e. The first-order valence-corrected chi connectivity index (χ1v) is 7.06. The summed E-state index contributed by atoms with van der Waals surface area (Å²) in [5.41, 5.74) is 4.44. The lowest BCUT2D eigenvalue weighted by Crippen LogP contribution is -2.22. The normalized spacial score (nSPS) is 17.1. The zero-order chi connectivity index (χ0) is 14.4. The summed E-state index contributed by atoms with van der Waals surface area (Å²) < 4.78 is 11.8. The molecule has 0 aliphatic carbocycles. The van der Waals surface area contributed by atoms with Gasteiger partial charge in [0.2, 0.25) is 0 Å². The highest BCUT2D eigenvalue weighted by Crippen LogP contribution is 2.35. The lowest BCUT2D eigenvalue weighted by atomic mass is 10.1. The summed E-state index contributed by atoms with van der Waals surface area (Å²) in [6, 6.07) is 12.0. The molecule has 1 aromatic heterocycles. The van der Waals surface area contributed by atoms with E-state index in [0.29, 0.717) is 6.61 Å². The van der Waals surface area contributed by atoms with Crippen molar-refractivity contribution in [3.63, 3.8) is 0 Å². The van der Waals surface area contributed by atoms with Crippen LogP contribution in [-0.4, -0.2) is 16.6 Å². The van der Waals surface area contributed by atoms with Gasteiger partial charge >= 0.3 is 0 Å². The molecule has 106 valence electrons. The van der Waals surface area contributed by atoms with E-state index in [4.69, 9.17) is 9.47 Å². The van der Waals surface area contributed by atoms with Crippen LogP contribution in [0.15, 0.2) is 36.4 Å². The zero-order valence-electron chi connectivity index (χ0n) is 12.0. The maximum atomic E-state index is 6.00. The number of aromatic nitrogens is 2. The summed E-state index contributed by atoms with van der Waals surface area (Å²) in [7, 11) is 0. The first-order chi connectivity index (χ1) is 10.2. The highest BCUT2D eigenvalue weighted by Gasteiger charge is 2.25. The number of hydrogen-bond donors (Lipinski definition) is 1. The molecule has 0 saturated heterocycles. The van der Waals surface area contributed by atoms with Gasteiger partial charge in [-0.2, -0.15) is 0 Å². The Labute approximate surface area is 122 Å². The number of fused-ring (bicyclic) bond motifs is 2. The molecule has 0 spiro atoms. The Balaban J connectivity index is 1.73. The molecule has 0 saturated carbocycles. The summed E-state index contributed by atoms with van der Waals surface area (Å²) in [6.07, 6.45) is -0.202. The number of imidazole rings is 1. The summed E-state index contributed by atoms with van der Waals surface area (Å²) in [5.74, 6) is 2.37. The Morgan fingerprint density at radius 1 is 1.14 bits per heavy atom. The number of H-pyrrole nitrogens is 1. The molecule has 0 radical (unpaired) electrons. The summed E-state index contributed by atoms with van der Waals surface area (Å²) in [4.78, 5) is 8.05. The number of benzene rings is 2. The number of nitrogens with one attached hydrogen (secondary N) is 1. The van der Waals surface area contributed by atoms with Crippen molar-refractivity contribution in [2.24, 2.45) is 0 Å². The first-order valence-electron chi connectivity index (χ1n) is 7.06. The van der Waals surface area contributed by atoms with Crippen LogP contribution in [0.5, 0.6) is 11.5 Å². The second-order valence-corrected chi connectivity index (χ2v) is 5.46. The molecule has 21 heavy (non-hydrogen) atoms. The van der Waals surface area contributed by atoms with Crippen LogP contribution in [0, 0.1) is 13.8 Å². The van der Waals surface area contributed by atoms with Gasteiger partial charge < -0.3 is 14.5 Å². The van der Waals surface area contributed by atoms with Crippen molar-refractivity contribution >= 4 is 11.0 Å². The number of aromatic amines is 1. The maximum absolute atomic E-state index is 6.00. The number of para-hydroxylation sites is 2. The predicted octanol–water partition coefficient (Wildman–Crippen LogP) is 3.69. The van der Waals surface area contributed by atoms with Crippen molar-refractivity contribution < 1.29 is 9.47 Å².